The number of Topliss-reactive ketones (excluding diaryl/α,β-unsaturated/α-hetero) is 1. The van der Waals surface area contributed by atoms with Crippen LogP contribution >= 0.6 is 0 Å². The minimum absolute atomic E-state index is 0.0169. The van der Waals surface area contributed by atoms with E-state index < -0.39 is 5.82 Å². The van der Waals surface area contributed by atoms with Crippen molar-refractivity contribution >= 4 is 13.6 Å². The zero-order chi connectivity index (χ0) is 10.8. The van der Waals surface area contributed by atoms with Gasteiger partial charge in [0.2, 0.25) is 0 Å². The monoisotopic (exact) mass is 202 g/mol. The van der Waals surface area contributed by atoms with Crippen LogP contribution in [0, 0.1) is 0 Å². The van der Waals surface area contributed by atoms with Gasteiger partial charge in [-0.05, 0) is 36.0 Å². The molecule has 1 aromatic carbocycles. The average Bonchev–Trinajstić information content (AvgIpc) is 2.52. The first-order chi connectivity index (χ1) is 7.22. The van der Waals surface area contributed by atoms with E-state index in [1.54, 1.807) is 19.2 Å². The SMILES string of the molecule is [B]C1Cc2cc(OCOC)ccc2C1=O. The second-order valence-corrected chi connectivity index (χ2v) is 3.54. The number of hydrogen-bond acceptors (Lipinski definition) is 3. The van der Waals surface area contributed by atoms with Crippen LogP contribution in [-0.2, 0) is 11.2 Å². The molecule has 0 heterocycles. The summed E-state index contributed by atoms with van der Waals surface area (Å²) >= 11 is 0. The fourth-order valence-electron chi connectivity index (χ4n) is 1.73. The summed E-state index contributed by atoms with van der Waals surface area (Å²) in [6.07, 6.45) is 0.596. The molecule has 1 aliphatic carbocycles. The van der Waals surface area contributed by atoms with E-state index in [0.717, 1.165) is 5.56 Å². The van der Waals surface area contributed by atoms with Crippen LogP contribution in [-0.4, -0.2) is 27.5 Å². The van der Waals surface area contributed by atoms with Crippen molar-refractivity contribution in [2.45, 2.75) is 12.2 Å². The summed E-state index contributed by atoms with van der Waals surface area (Å²) < 4.78 is 10.1. The average molecular weight is 202 g/mol. The first-order valence-electron chi connectivity index (χ1n) is 4.77. The molecule has 4 heteroatoms. The number of ketones is 1. The quantitative estimate of drug-likeness (QED) is 0.548. The smallest absolute Gasteiger partial charge is 0.188 e. The first-order valence-corrected chi connectivity index (χ1v) is 4.77. The van der Waals surface area contributed by atoms with Crippen LogP contribution in [0.25, 0.3) is 0 Å². The molecule has 0 saturated heterocycles. The van der Waals surface area contributed by atoms with Crippen molar-refractivity contribution in [3.63, 3.8) is 0 Å². The molecule has 1 unspecified atom stereocenters. The van der Waals surface area contributed by atoms with Crippen molar-refractivity contribution < 1.29 is 14.3 Å². The van der Waals surface area contributed by atoms with Crippen molar-refractivity contribution in [3.05, 3.63) is 29.3 Å². The molecule has 15 heavy (non-hydrogen) atoms. The van der Waals surface area contributed by atoms with Gasteiger partial charge in [-0.25, -0.2) is 0 Å². The standard InChI is InChI=1S/C11H11BO3/c1-14-6-15-8-2-3-9-7(4-8)5-10(12)11(9)13/h2-4,10H,5-6H2,1H3. The Morgan fingerprint density at radius 3 is 3.07 bits per heavy atom. The van der Waals surface area contributed by atoms with Gasteiger partial charge in [0.05, 0.1) is 7.85 Å². The summed E-state index contributed by atoms with van der Waals surface area (Å²) in [6, 6.07) is 5.36. The molecule has 0 fully saturated rings. The number of methoxy groups -OCH3 is 1. The highest BCUT2D eigenvalue weighted by Crippen LogP contribution is 2.31. The highest BCUT2D eigenvalue weighted by Gasteiger charge is 2.26. The Morgan fingerprint density at radius 1 is 1.53 bits per heavy atom. The zero-order valence-electron chi connectivity index (χ0n) is 8.53. The first kappa shape index (κ1) is 10.2. The van der Waals surface area contributed by atoms with Gasteiger partial charge in [0, 0.05) is 12.7 Å². The number of carbonyl (C=O) groups excluding carboxylic acids is 1. The van der Waals surface area contributed by atoms with Crippen molar-refractivity contribution in [2.24, 2.45) is 0 Å². The molecule has 0 N–H and O–H groups in total. The zero-order valence-corrected chi connectivity index (χ0v) is 8.53. The molecular formula is C11H11BO3. The maximum absolute atomic E-state index is 11.5. The van der Waals surface area contributed by atoms with Crippen LogP contribution in [0.3, 0.4) is 0 Å². The molecule has 0 bridgehead atoms. The van der Waals surface area contributed by atoms with E-state index in [2.05, 4.69) is 0 Å². The Balaban J connectivity index is 2.22. The highest BCUT2D eigenvalue weighted by molar-refractivity contribution is 6.29. The molecule has 1 aromatic rings. The van der Waals surface area contributed by atoms with E-state index in [-0.39, 0.29) is 12.6 Å². The van der Waals surface area contributed by atoms with Gasteiger partial charge in [0.1, 0.15) is 5.75 Å². The summed E-state index contributed by atoms with van der Waals surface area (Å²) in [5, 5.41) is 0. The predicted molar refractivity (Wildman–Crippen MR) is 56.5 cm³/mol. The molecule has 0 aromatic heterocycles. The van der Waals surface area contributed by atoms with E-state index in [0.29, 0.717) is 17.7 Å². The van der Waals surface area contributed by atoms with E-state index in [1.807, 2.05) is 6.07 Å². The molecule has 1 atom stereocenters. The fourth-order valence-corrected chi connectivity index (χ4v) is 1.73. The van der Waals surface area contributed by atoms with Crippen LogP contribution in [0.1, 0.15) is 15.9 Å². The van der Waals surface area contributed by atoms with Crippen molar-refractivity contribution in [1.29, 1.82) is 0 Å². The summed E-state index contributed by atoms with van der Waals surface area (Å²) in [6.45, 7) is 0.207. The number of hydrogen-bond donors (Lipinski definition) is 0. The molecule has 2 rings (SSSR count). The number of benzene rings is 1. The van der Waals surface area contributed by atoms with E-state index in [1.165, 1.54) is 0 Å². The lowest BCUT2D eigenvalue weighted by atomic mass is 9.84. The van der Waals surface area contributed by atoms with E-state index in [4.69, 9.17) is 17.3 Å². The Morgan fingerprint density at radius 2 is 2.33 bits per heavy atom. The number of fused-ring (bicyclic) bond motifs is 1. The third kappa shape index (κ3) is 1.90. The van der Waals surface area contributed by atoms with Gasteiger partial charge in [-0.2, -0.15) is 0 Å². The lowest BCUT2D eigenvalue weighted by Crippen LogP contribution is -2.01. The molecule has 0 spiro atoms. The maximum atomic E-state index is 11.5. The number of carbonyl (C=O) groups is 1. The van der Waals surface area contributed by atoms with E-state index >= 15 is 0 Å². The largest absolute Gasteiger partial charge is 0.468 e. The Kier molecular flexibility index (Phi) is 2.78. The Labute approximate surface area is 89.8 Å². The molecule has 0 aliphatic heterocycles. The van der Waals surface area contributed by atoms with Gasteiger partial charge >= 0.3 is 0 Å². The molecule has 0 saturated carbocycles. The summed E-state index contributed by atoms with van der Waals surface area (Å²) in [7, 11) is 7.23. The predicted octanol–water partition coefficient (Wildman–Crippen LogP) is 1.37. The lowest BCUT2D eigenvalue weighted by Gasteiger charge is -2.05. The van der Waals surface area contributed by atoms with Crippen molar-refractivity contribution in [2.75, 3.05) is 13.9 Å². The molecule has 3 nitrogen and oxygen atoms in total. The van der Waals surface area contributed by atoms with Crippen LogP contribution in [0.5, 0.6) is 5.75 Å². The summed E-state index contributed by atoms with van der Waals surface area (Å²) in [5.74, 6) is 0.332. The molecule has 1 aliphatic rings. The van der Waals surface area contributed by atoms with Crippen molar-refractivity contribution in [1.82, 2.24) is 0 Å². The van der Waals surface area contributed by atoms with Crippen LogP contribution in [0.15, 0.2) is 18.2 Å². The minimum Gasteiger partial charge on any atom is -0.468 e. The van der Waals surface area contributed by atoms with Crippen LogP contribution < -0.4 is 4.74 Å². The van der Waals surface area contributed by atoms with Gasteiger partial charge in [-0.15, -0.1) is 0 Å². The van der Waals surface area contributed by atoms with E-state index in [9.17, 15) is 4.79 Å². The van der Waals surface area contributed by atoms with Gasteiger partial charge in [-0.1, -0.05) is 0 Å². The fraction of sp³-hybridized carbons (Fsp3) is 0.364. The molecule has 0 amide bonds. The summed E-state index contributed by atoms with van der Waals surface area (Å²) in [4.78, 5) is 11.5. The van der Waals surface area contributed by atoms with Gasteiger partial charge in [0.25, 0.3) is 0 Å². The van der Waals surface area contributed by atoms with Gasteiger partial charge < -0.3 is 9.47 Å². The topological polar surface area (TPSA) is 35.5 Å². The second-order valence-electron chi connectivity index (χ2n) is 3.54. The number of ether oxygens (including phenoxy) is 2. The van der Waals surface area contributed by atoms with Crippen LogP contribution in [0.4, 0.5) is 0 Å². The maximum Gasteiger partial charge on any atom is 0.188 e. The molecular weight excluding hydrogens is 191 g/mol. The minimum atomic E-state index is -0.391. The van der Waals surface area contributed by atoms with Crippen molar-refractivity contribution in [3.8, 4) is 5.75 Å². The van der Waals surface area contributed by atoms with Crippen LogP contribution in [0.2, 0.25) is 5.82 Å². The Hall–Kier alpha value is -1.29. The third-order valence-electron chi connectivity index (χ3n) is 2.46. The second kappa shape index (κ2) is 4.07. The van der Waals surface area contributed by atoms with Gasteiger partial charge in [-0.3, -0.25) is 4.79 Å². The van der Waals surface area contributed by atoms with Gasteiger partial charge in [0.15, 0.2) is 12.6 Å². The summed E-state index contributed by atoms with van der Waals surface area (Å²) in [5.41, 5.74) is 1.67. The third-order valence-corrected chi connectivity index (χ3v) is 2.46. The Bertz CT molecular complexity index is 389. The highest BCUT2D eigenvalue weighted by atomic mass is 16.7. The molecule has 2 radical (unpaired) electrons. The molecule has 76 valence electrons. The lowest BCUT2D eigenvalue weighted by molar-refractivity contribution is 0.0511. The normalized spacial score (nSPS) is 19.0. The number of rotatable bonds is 3.